The van der Waals surface area contributed by atoms with Crippen LogP contribution in [0.2, 0.25) is 0 Å². The summed E-state index contributed by atoms with van der Waals surface area (Å²) in [7, 11) is 0. The van der Waals surface area contributed by atoms with Crippen molar-refractivity contribution in [1.29, 1.82) is 0 Å². The van der Waals surface area contributed by atoms with Crippen molar-refractivity contribution in [3.63, 3.8) is 0 Å². The summed E-state index contributed by atoms with van der Waals surface area (Å²) in [5.74, 6) is -0.258. The highest BCUT2D eigenvalue weighted by atomic mass is 16.7. The smallest absolute Gasteiger partial charge is 0.220 e. The number of aliphatic hydroxyl groups is 5. The van der Waals surface area contributed by atoms with E-state index in [1.54, 1.807) is 6.08 Å². The Labute approximate surface area is 354 Å². The third-order valence-corrected chi connectivity index (χ3v) is 10.9. The third kappa shape index (κ3) is 29.2. The lowest BCUT2D eigenvalue weighted by Gasteiger charge is -2.40. The molecule has 9 heteroatoms. The number of carbonyl (C=O) groups is 1. The number of ether oxygens (including phenoxy) is 2. The second-order valence-electron chi connectivity index (χ2n) is 16.2. The second-order valence-corrected chi connectivity index (χ2v) is 16.2. The number of allylic oxidation sites excluding steroid dienone is 9. The number of aliphatic hydroxyl groups excluding tert-OH is 5. The van der Waals surface area contributed by atoms with Gasteiger partial charge in [-0.2, -0.15) is 0 Å². The van der Waals surface area contributed by atoms with Gasteiger partial charge in [-0.3, -0.25) is 4.79 Å². The number of hydrogen-bond acceptors (Lipinski definition) is 8. The van der Waals surface area contributed by atoms with Crippen molar-refractivity contribution < 1.29 is 39.8 Å². The first-order valence-corrected chi connectivity index (χ1v) is 23.5. The van der Waals surface area contributed by atoms with E-state index in [2.05, 4.69) is 55.6 Å². The minimum Gasteiger partial charge on any atom is -0.394 e. The zero-order valence-corrected chi connectivity index (χ0v) is 36.8. The van der Waals surface area contributed by atoms with Gasteiger partial charge in [0.2, 0.25) is 5.91 Å². The molecule has 336 valence electrons. The molecular weight excluding hydrogens is 731 g/mol. The molecule has 0 spiro atoms. The predicted molar refractivity (Wildman–Crippen MR) is 239 cm³/mol. The predicted octanol–water partition coefficient (Wildman–Crippen LogP) is 10.0. The molecule has 7 atom stereocenters. The molecule has 1 amide bonds. The molecule has 58 heavy (non-hydrogen) atoms. The van der Waals surface area contributed by atoms with Gasteiger partial charge in [0.25, 0.3) is 0 Å². The largest absolute Gasteiger partial charge is 0.394 e. The molecule has 0 aliphatic carbocycles. The summed E-state index contributed by atoms with van der Waals surface area (Å²) in [6.07, 6.45) is 44.3. The fraction of sp³-hybridized carbons (Fsp3) is 0.776. The minimum absolute atomic E-state index is 0.219. The van der Waals surface area contributed by atoms with E-state index in [0.717, 1.165) is 44.9 Å². The van der Waals surface area contributed by atoms with E-state index in [9.17, 15) is 30.3 Å². The SMILES string of the molecule is CC/C=C\C/C=C\C/C=C\C/C=C\CCC(=O)NC(COC1OC(CO)C(O)C(O)C1O)C(O)/C=C/CCCCCCCCCCCCCCCCCCCCCC. The molecule has 1 aliphatic rings. The fourth-order valence-corrected chi connectivity index (χ4v) is 7.11. The second kappa shape index (κ2) is 39.1. The van der Waals surface area contributed by atoms with Gasteiger partial charge >= 0.3 is 0 Å². The summed E-state index contributed by atoms with van der Waals surface area (Å²) < 4.78 is 11.2. The highest BCUT2D eigenvalue weighted by Crippen LogP contribution is 2.22. The van der Waals surface area contributed by atoms with Crippen LogP contribution < -0.4 is 5.32 Å². The van der Waals surface area contributed by atoms with Crippen molar-refractivity contribution in [3.8, 4) is 0 Å². The van der Waals surface area contributed by atoms with E-state index in [-0.39, 0.29) is 18.9 Å². The number of rotatable bonds is 38. The van der Waals surface area contributed by atoms with E-state index < -0.39 is 49.5 Å². The van der Waals surface area contributed by atoms with Gasteiger partial charge in [-0.25, -0.2) is 0 Å². The van der Waals surface area contributed by atoms with Crippen molar-refractivity contribution in [1.82, 2.24) is 5.32 Å². The van der Waals surface area contributed by atoms with Crippen molar-refractivity contribution in [3.05, 3.63) is 60.8 Å². The maximum absolute atomic E-state index is 12.9. The zero-order chi connectivity index (χ0) is 42.3. The van der Waals surface area contributed by atoms with Gasteiger partial charge in [-0.05, 0) is 44.9 Å². The Balaban J connectivity index is 2.35. The highest BCUT2D eigenvalue weighted by Gasteiger charge is 2.44. The lowest BCUT2D eigenvalue weighted by molar-refractivity contribution is -0.302. The van der Waals surface area contributed by atoms with Crippen LogP contribution in [0.4, 0.5) is 0 Å². The quantitative estimate of drug-likeness (QED) is 0.0267. The Kier molecular flexibility index (Phi) is 36.3. The number of amides is 1. The first-order chi connectivity index (χ1) is 28.3. The van der Waals surface area contributed by atoms with Crippen LogP contribution in [-0.2, 0) is 14.3 Å². The van der Waals surface area contributed by atoms with Crippen LogP contribution in [0.1, 0.15) is 187 Å². The Hall–Kier alpha value is -2.11. The number of unbranched alkanes of at least 4 members (excludes halogenated alkanes) is 20. The average molecular weight is 818 g/mol. The standard InChI is InChI=1S/C49H87NO8/c1-3-5-7-9-11-13-15-17-18-19-20-21-22-23-24-25-27-28-30-32-34-36-38-43(52)42(41-57-49-48(56)47(55)46(54)44(40-51)58-49)50-45(53)39-37-35-33-31-29-26-16-14-12-10-8-6-4-2/h6,8,12,14,26,29,33,35-36,38,42-44,46-49,51-52,54-56H,3-5,7,9-11,13,15-25,27-28,30-32,34,37,39-41H2,1-2H3,(H,50,53)/b8-6-,14-12-,29-26-,35-33-,38-36+. The molecule has 0 saturated carbocycles. The molecular formula is C49H87NO8. The van der Waals surface area contributed by atoms with Crippen molar-refractivity contribution in [2.75, 3.05) is 13.2 Å². The molecule has 9 nitrogen and oxygen atoms in total. The molecule has 0 aromatic carbocycles. The van der Waals surface area contributed by atoms with Crippen molar-refractivity contribution >= 4 is 5.91 Å². The Morgan fingerprint density at radius 3 is 1.55 bits per heavy atom. The van der Waals surface area contributed by atoms with E-state index in [1.807, 2.05) is 18.2 Å². The molecule has 1 heterocycles. The third-order valence-electron chi connectivity index (χ3n) is 10.9. The summed E-state index contributed by atoms with van der Waals surface area (Å²) in [4.78, 5) is 12.9. The van der Waals surface area contributed by atoms with Crippen molar-refractivity contribution in [2.24, 2.45) is 0 Å². The van der Waals surface area contributed by atoms with E-state index in [0.29, 0.717) is 6.42 Å². The van der Waals surface area contributed by atoms with Crippen LogP contribution in [0.25, 0.3) is 0 Å². The van der Waals surface area contributed by atoms with E-state index >= 15 is 0 Å². The van der Waals surface area contributed by atoms with Crippen molar-refractivity contribution in [2.45, 2.75) is 230 Å². The first-order valence-electron chi connectivity index (χ1n) is 23.5. The first kappa shape index (κ1) is 53.9. The van der Waals surface area contributed by atoms with Gasteiger partial charge < -0.3 is 40.3 Å². The van der Waals surface area contributed by atoms with Crippen LogP contribution in [0.15, 0.2) is 60.8 Å². The zero-order valence-electron chi connectivity index (χ0n) is 36.8. The number of hydrogen-bond donors (Lipinski definition) is 6. The minimum atomic E-state index is -1.58. The monoisotopic (exact) mass is 818 g/mol. The van der Waals surface area contributed by atoms with Gasteiger partial charge in [0.1, 0.15) is 24.4 Å². The molecule has 1 rings (SSSR count). The lowest BCUT2D eigenvalue weighted by atomic mass is 9.99. The highest BCUT2D eigenvalue weighted by molar-refractivity contribution is 5.76. The maximum Gasteiger partial charge on any atom is 0.220 e. The van der Waals surface area contributed by atoms with E-state index in [4.69, 9.17) is 9.47 Å². The Bertz CT molecular complexity index is 1090. The number of nitrogens with one attached hydrogen (secondary N) is 1. The molecule has 1 aliphatic heterocycles. The van der Waals surface area contributed by atoms with Gasteiger partial charge in [0.05, 0.1) is 25.4 Å². The molecule has 1 fully saturated rings. The summed E-state index contributed by atoms with van der Waals surface area (Å²) in [5, 5.41) is 54.1. The van der Waals surface area contributed by atoms with Gasteiger partial charge in [-0.1, -0.05) is 197 Å². The van der Waals surface area contributed by atoms with Crippen LogP contribution in [0.3, 0.4) is 0 Å². The molecule has 0 bridgehead atoms. The van der Waals surface area contributed by atoms with Gasteiger partial charge in [0, 0.05) is 6.42 Å². The van der Waals surface area contributed by atoms with E-state index in [1.165, 1.54) is 116 Å². The fourth-order valence-electron chi connectivity index (χ4n) is 7.11. The van der Waals surface area contributed by atoms with Crippen LogP contribution in [0.5, 0.6) is 0 Å². The van der Waals surface area contributed by atoms with Gasteiger partial charge in [0.15, 0.2) is 6.29 Å². The summed E-state index contributed by atoms with van der Waals surface area (Å²) >= 11 is 0. The molecule has 7 unspecified atom stereocenters. The summed E-state index contributed by atoms with van der Waals surface area (Å²) in [6, 6.07) is -0.844. The molecule has 0 aromatic heterocycles. The molecule has 0 radical (unpaired) electrons. The number of carbonyl (C=O) groups excluding carboxylic acids is 1. The normalized spacial score (nSPS) is 21.4. The maximum atomic E-state index is 12.9. The summed E-state index contributed by atoms with van der Waals surface area (Å²) in [5.41, 5.74) is 0. The van der Waals surface area contributed by atoms with Crippen LogP contribution >= 0.6 is 0 Å². The lowest BCUT2D eigenvalue weighted by Crippen LogP contribution is -2.60. The Morgan fingerprint density at radius 1 is 0.603 bits per heavy atom. The topological polar surface area (TPSA) is 149 Å². The van der Waals surface area contributed by atoms with Gasteiger partial charge in [-0.15, -0.1) is 0 Å². The Morgan fingerprint density at radius 2 is 1.07 bits per heavy atom. The molecule has 1 saturated heterocycles. The van der Waals surface area contributed by atoms with Crippen LogP contribution in [-0.4, -0.2) is 87.5 Å². The summed E-state index contributed by atoms with van der Waals surface area (Å²) in [6.45, 7) is 3.61. The molecule has 0 aromatic rings. The van der Waals surface area contributed by atoms with Crippen LogP contribution in [0, 0.1) is 0 Å². The molecule has 6 N–H and O–H groups in total. The average Bonchev–Trinajstić information content (AvgIpc) is 3.22.